The van der Waals surface area contributed by atoms with Crippen molar-refractivity contribution in [3.63, 3.8) is 0 Å². The smallest absolute Gasteiger partial charge is 0.339 e. The van der Waals surface area contributed by atoms with Crippen LogP contribution in [0.25, 0.3) is 0 Å². The lowest BCUT2D eigenvalue weighted by Crippen LogP contribution is -2.13. The highest BCUT2D eigenvalue weighted by molar-refractivity contribution is 7.84. The predicted octanol–water partition coefficient (Wildman–Crippen LogP) is 2.52. The quantitative estimate of drug-likeness (QED) is 0.822. The molecule has 0 aliphatic carbocycles. The molecule has 0 amide bonds. The lowest BCUT2D eigenvalue weighted by atomic mass is 10.1. The fourth-order valence-electron chi connectivity index (χ4n) is 2.03. The van der Waals surface area contributed by atoms with Gasteiger partial charge in [0.1, 0.15) is 0 Å². The monoisotopic (exact) mass is 332 g/mol. The second-order valence-electron chi connectivity index (χ2n) is 4.83. The second kappa shape index (κ2) is 7.69. The molecule has 0 aromatic heterocycles. The highest BCUT2D eigenvalue weighted by Crippen LogP contribution is 2.12. The fraction of sp³-hybridized carbons (Fsp3) is 0.176. The Morgan fingerprint density at radius 2 is 1.65 bits per heavy atom. The summed E-state index contributed by atoms with van der Waals surface area (Å²) in [6, 6.07) is 13.1. The van der Waals surface area contributed by atoms with E-state index < -0.39 is 22.7 Å². The maximum absolute atomic E-state index is 12.0. The lowest BCUT2D eigenvalue weighted by Gasteiger charge is -2.07. The predicted molar refractivity (Wildman–Crippen MR) is 86.2 cm³/mol. The molecule has 0 saturated heterocycles. The topological polar surface area (TPSA) is 80.7 Å². The maximum Gasteiger partial charge on any atom is 0.339 e. The third kappa shape index (κ3) is 4.50. The molecule has 0 radical (unpaired) electrons. The van der Waals surface area contributed by atoms with Gasteiger partial charge < -0.3 is 9.84 Å². The van der Waals surface area contributed by atoms with Gasteiger partial charge in [-0.1, -0.05) is 24.3 Å². The van der Waals surface area contributed by atoms with Gasteiger partial charge in [0.05, 0.1) is 17.7 Å². The van der Waals surface area contributed by atoms with Gasteiger partial charge in [0, 0.05) is 28.4 Å². The Morgan fingerprint density at radius 3 is 2.22 bits per heavy atom. The summed E-state index contributed by atoms with van der Waals surface area (Å²) in [6.45, 7) is 0.140. The number of aromatic carboxylic acids is 1. The van der Waals surface area contributed by atoms with Gasteiger partial charge in [0.2, 0.25) is 0 Å². The summed E-state index contributed by atoms with van der Waals surface area (Å²) < 4.78 is 16.4. The van der Waals surface area contributed by atoms with E-state index in [9.17, 15) is 13.8 Å². The molecule has 0 aliphatic heterocycles. The Morgan fingerprint density at radius 1 is 1.04 bits per heavy atom. The number of rotatable bonds is 6. The molecule has 0 aliphatic rings. The molecule has 0 spiro atoms. The Bertz CT molecular complexity index is 737. The Hall–Kier alpha value is -2.47. The Labute approximate surface area is 136 Å². The molecular formula is C17H16O5S. The first kappa shape index (κ1) is 16.9. The van der Waals surface area contributed by atoms with E-state index in [4.69, 9.17) is 9.84 Å². The van der Waals surface area contributed by atoms with E-state index in [1.54, 1.807) is 30.5 Å². The number of hydrogen-bond acceptors (Lipinski definition) is 4. The highest BCUT2D eigenvalue weighted by Gasteiger charge is 2.16. The average molecular weight is 332 g/mol. The molecule has 23 heavy (non-hydrogen) atoms. The molecule has 6 heteroatoms. The molecule has 5 nitrogen and oxygen atoms in total. The van der Waals surface area contributed by atoms with Crippen molar-refractivity contribution in [2.24, 2.45) is 0 Å². The average Bonchev–Trinajstić information content (AvgIpc) is 2.55. The minimum atomic E-state index is -1.17. The molecule has 1 N–H and O–H groups in total. The maximum atomic E-state index is 12.0. The lowest BCUT2D eigenvalue weighted by molar-refractivity contribution is 0.0498. The Balaban J connectivity index is 1.95. The zero-order valence-corrected chi connectivity index (χ0v) is 13.3. The number of carbonyl (C=O) groups is 2. The van der Waals surface area contributed by atoms with Gasteiger partial charge in [-0.2, -0.15) is 0 Å². The SMILES string of the molecule is C[S@@](=O)c1ccc(CCOC(=O)c2ccccc2C(=O)O)cc1. The minimum absolute atomic E-state index is 0.0386. The van der Waals surface area contributed by atoms with Gasteiger partial charge >= 0.3 is 11.9 Å². The molecular weight excluding hydrogens is 316 g/mol. The number of carboxylic acids is 1. The molecule has 2 aromatic rings. The van der Waals surface area contributed by atoms with Gasteiger partial charge in [-0.05, 0) is 29.8 Å². The standard InChI is InChI=1S/C17H16O5S/c1-23(21)13-8-6-12(7-9-13)10-11-22-17(20)15-5-3-2-4-14(15)16(18)19/h2-9H,10-11H2,1H3,(H,18,19)/t23-/m1/s1. The van der Waals surface area contributed by atoms with Crippen LogP contribution < -0.4 is 0 Å². The summed E-state index contributed by atoms with van der Waals surface area (Å²) in [5.41, 5.74) is 0.905. The number of esters is 1. The first-order valence-electron chi connectivity index (χ1n) is 6.91. The molecule has 1 atom stereocenters. The van der Waals surface area contributed by atoms with E-state index in [0.29, 0.717) is 6.42 Å². The molecule has 0 unspecified atom stereocenters. The van der Waals surface area contributed by atoms with Crippen molar-refractivity contribution >= 4 is 22.7 Å². The van der Waals surface area contributed by atoms with Gasteiger partial charge in [0.15, 0.2) is 0 Å². The largest absolute Gasteiger partial charge is 0.478 e. The summed E-state index contributed by atoms with van der Waals surface area (Å²) >= 11 is 0. The summed E-state index contributed by atoms with van der Waals surface area (Å²) in [5.74, 6) is -1.82. The van der Waals surface area contributed by atoms with E-state index in [1.807, 2.05) is 12.1 Å². The summed E-state index contributed by atoms with van der Waals surface area (Å²) in [7, 11) is -1.02. The van der Waals surface area contributed by atoms with Crippen LogP contribution in [0.4, 0.5) is 0 Å². The number of carbonyl (C=O) groups excluding carboxylic acids is 1. The van der Waals surface area contributed by atoms with Crippen molar-refractivity contribution in [1.82, 2.24) is 0 Å². The zero-order valence-electron chi connectivity index (χ0n) is 12.5. The van der Waals surface area contributed by atoms with Crippen LogP contribution in [0.5, 0.6) is 0 Å². The van der Waals surface area contributed by atoms with E-state index >= 15 is 0 Å². The minimum Gasteiger partial charge on any atom is -0.478 e. The molecule has 120 valence electrons. The molecule has 0 fully saturated rings. The Kier molecular flexibility index (Phi) is 5.65. The van der Waals surface area contributed by atoms with Crippen molar-refractivity contribution in [3.05, 3.63) is 65.2 Å². The van der Waals surface area contributed by atoms with Gasteiger partial charge in [-0.25, -0.2) is 9.59 Å². The third-order valence-corrected chi connectivity index (χ3v) is 4.19. The van der Waals surface area contributed by atoms with Crippen LogP contribution in [0.15, 0.2) is 53.4 Å². The van der Waals surface area contributed by atoms with E-state index in [1.165, 1.54) is 12.1 Å². The van der Waals surface area contributed by atoms with Gasteiger partial charge in [-0.15, -0.1) is 0 Å². The van der Waals surface area contributed by atoms with Crippen LogP contribution in [0.3, 0.4) is 0 Å². The van der Waals surface area contributed by atoms with Crippen molar-refractivity contribution in [1.29, 1.82) is 0 Å². The van der Waals surface area contributed by atoms with Crippen molar-refractivity contribution in [2.45, 2.75) is 11.3 Å². The van der Waals surface area contributed by atoms with Crippen LogP contribution in [0, 0.1) is 0 Å². The van der Waals surface area contributed by atoms with E-state index in [-0.39, 0.29) is 17.7 Å². The molecule has 0 heterocycles. The van der Waals surface area contributed by atoms with Gasteiger partial charge in [0.25, 0.3) is 0 Å². The first-order valence-corrected chi connectivity index (χ1v) is 8.46. The number of hydrogen-bond donors (Lipinski definition) is 1. The third-order valence-electron chi connectivity index (χ3n) is 3.26. The zero-order chi connectivity index (χ0) is 16.8. The molecule has 2 rings (SSSR count). The summed E-state index contributed by atoms with van der Waals surface area (Å²) in [4.78, 5) is 23.8. The van der Waals surface area contributed by atoms with Crippen LogP contribution in [0.2, 0.25) is 0 Å². The number of benzene rings is 2. The highest BCUT2D eigenvalue weighted by atomic mass is 32.2. The van der Waals surface area contributed by atoms with Crippen molar-refractivity contribution in [3.8, 4) is 0 Å². The fourth-order valence-corrected chi connectivity index (χ4v) is 2.55. The number of carboxylic acid groups (broad SMARTS) is 1. The van der Waals surface area contributed by atoms with Crippen molar-refractivity contribution in [2.75, 3.05) is 12.9 Å². The van der Waals surface area contributed by atoms with Crippen LogP contribution in [-0.4, -0.2) is 34.1 Å². The molecule has 0 saturated carbocycles. The molecule has 2 aromatic carbocycles. The van der Waals surface area contributed by atoms with Gasteiger partial charge in [-0.3, -0.25) is 4.21 Å². The van der Waals surface area contributed by atoms with Crippen molar-refractivity contribution < 1.29 is 23.6 Å². The van der Waals surface area contributed by atoms with Crippen LogP contribution >= 0.6 is 0 Å². The van der Waals surface area contributed by atoms with Crippen LogP contribution in [0.1, 0.15) is 26.3 Å². The van der Waals surface area contributed by atoms with E-state index in [0.717, 1.165) is 10.5 Å². The summed E-state index contributed by atoms with van der Waals surface area (Å²) in [6.07, 6.45) is 2.11. The molecule has 0 bridgehead atoms. The second-order valence-corrected chi connectivity index (χ2v) is 6.21. The normalized spacial score (nSPS) is 11.7. The first-order chi connectivity index (χ1) is 11.0. The summed E-state index contributed by atoms with van der Waals surface area (Å²) in [5, 5.41) is 9.06. The van der Waals surface area contributed by atoms with Crippen LogP contribution in [-0.2, 0) is 22.0 Å². The van der Waals surface area contributed by atoms with E-state index in [2.05, 4.69) is 0 Å². The number of ether oxygens (including phenoxy) is 1.